The van der Waals surface area contributed by atoms with E-state index in [1.165, 1.54) is 24.3 Å². The zero-order valence-corrected chi connectivity index (χ0v) is 13.7. The fourth-order valence-corrected chi connectivity index (χ4v) is 5.44. The Balaban J connectivity index is 1.57. The minimum Gasteiger partial charge on any atom is -0.350 e. The van der Waals surface area contributed by atoms with Gasteiger partial charge in [-0.3, -0.25) is 4.79 Å². The molecular formula is C15H21N3OS2. The van der Waals surface area contributed by atoms with Gasteiger partial charge in [-0.25, -0.2) is 9.97 Å². The normalized spacial score (nSPS) is 23.1. The van der Waals surface area contributed by atoms with Gasteiger partial charge in [0.2, 0.25) is 0 Å². The maximum absolute atomic E-state index is 12.2. The molecule has 6 heteroatoms. The monoisotopic (exact) mass is 323 g/mol. The Bertz CT molecular complexity index is 486. The van der Waals surface area contributed by atoms with Crippen molar-refractivity contribution in [3.05, 3.63) is 23.8 Å². The lowest BCUT2D eigenvalue weighted by atomic mass is 10.1. The third kappa shape index (κ3) is 4.13. The van der Waals surface area contributed by atoms with Crippen molar-refractivity contribution < 1.29 is 4.79 Å². The smallest absolute Gasteiger partial charge is 0.270 e. The summed E-state index contributed by atoms with van der Waals surface area (Å²) in [4.78, 5) is 21.1. The average molecular weight is 323 g/mol. The van der Waals surface area contributed by atoms with Crippen molar-refractivity contribution in [1.29, 1.82) is 0 Å². The quantitative estimate of drug-likeness (QED) is 0.923. The van der Waals surface area contributed by atoms with Crippen LogP contribution in [0.25, 0.3) is 0 Å². The summed E-state index contributed by atoms with van der Waals surface area (Å²) in [6.07, 6.45) is 6.53. The van der Waals surface area contributed by atoms with Gasteiger partial charge in [-0.2, -0.15) is 23.5 Å². The number of hydrogen-bond donors (Lipinski definition) is 1. The van der Waals surface area contributed by atoms with Crippen molar-refractivity contribution in [2.75, 3.05) is 23.8 Å². The molecule has 2 aliphatic rings. The molecule has 1 N–H and O–H groups in total. The highest BCUT2D eigenvalue weighted by atomic mass is 32.2. The first-order valence-electron chi connectivity index (χ1n) is 7.63. The van der Waals surface area contributed by atoms with Gasteiger partial charge in [-0.05, 0) is 18.9 Å². The summed E-state index contributed by atoms with van der Waals surface area (Å²) in [6.45, 7) is 0.735. The van der Waals surface area contributed by atoms with Crippen LogP contribution < -0.4 is 5.32 Å². The Labute approximate surface area is 134 Å². The Kier molecular flexibility index (Phi) is 5.41. The Hall–Kier alpha value is -0.750. The van der Waals surface area contributed by atoms with Gasteiger partial charge in [0.05, 0.1) is 0 Å². The molecule has 1 saturated carbocycles. The largest absolute Gasteiger partial charge is 0.350 e. The second-order valence-electron chi connectivity index (χ2n) is 5.56. The van der Waals surface area contributed by atoms with Gasteiger partial charge in [0.1, 0.15) is 11.5 Å². The van der Waals surface area contributed by atoms with Gasteiger partial charge in [0, 0.05) is 41.2 Å². The van der Waals surface area contributed by atoms with E-state index in [2.05, 4.69) is 15.3 Å². The predicted molar refractivity (Wildman–Crippen MR) is 89.1 cm³/mol. The van der Waals surface area contributed by atoms with E-state index in [1.54, 1.807) is 12.3 Å². The number of nitrogens with one attached hydrogen (secondary N) is 1. The molecule has 4 nitrogen and oxygen atoms in total. The van der Waals surface area contributed by atoms with Crippen molar-refractivity contribution in [1.82, 2.24) is 15.3 Å². The van der Waals surface area contributed by atoms with Crippen LogP contribution in [0.2, 0.25) is 0 Å². The number of hydrogen-bond acceptors (Lipinski definition) is 5. The van der Waals surface area contributed by atoms with E-state index in [0.29, 0.717) is 16.9 Å². The molecule has 3 rings (SSSR count). The van der Waals surface area contributed by atoms with Gasteiger partial charge in [0.15, 0.2) is 0 Å². The number of rotatable bonds is 4. The highest BCUT2D eigenvalue weighted by Gasteiger charge is 2.21. The Morgan fingerprint density at radius 3 is 2.95 bits per heavy atom. The molecule has 0 unspecified atom stereocenters. The van der Waals surface area contributed by atoms with E-state index < -0.39 is 0 Å². The molecule has 2 heterocycles. The maximum atomic E-state index is 12.2. The van der Waals surface area contributed by atoms with Crippen LogP contribution >= 0.6 is 23.5 Å². The topological polar surface area (TPSA) is 54.9 Å². The molecule has 21 heavy (non-hydrogen) atoms. The molecule has 1 aromatic rings. The van der Waals surface area contributed by atoms with Crippen LogP contribution in [0, 0.1) is 0 Å². The van der Waals surface area contributed by atoms with Crippen LogP contribution in [-0.4, -0.2) is 44.9 Å². The van der Waals surface area contributed by atoms with E-state index in [0.717, 1.165) is 31.0 Å². The third-order valence-electron chi connectivity index (χ3n) is 4.00. The van der Waals surface area contributed by atoms with Crippen LogP contribution in [0.1, 0.15) is 47.9 Å². The summed E-state index contributed by atoms with van der Waals surface area (Å²) >= 11 is 3.93. The first-order chi connectivity index (χ1) is 10.3. The number of nitrogens with zero attached hydrogens (tertiary/aromatic N) is 2. The minimum atomic E-state index is -0.0622. The Morgan fingerprint density at radius 2 is 2.19 bits per heavy atom. The lowest BCUT2D eigenvalue weighted by molar-refractivity contribution is 0.0948. The lowest BCUT2D eigenvalue weighted by Gasteiger charge is -2.21. The summed E-state index contributed by atoms with van der Waals surface area (Å²) in [5.74, 6) is 4.77. The molecular weight excluding hydrogens is 302 g/mol. The van der Waals surface area contributed by atoms with E-state index in [4.69, 9.17) is 0 Å². The number of carbonyl (C=O) groups excluding carboxylic acids is 1. The molecule has 0 aromatic carbocycles. The number of carbonyl (C=O) groups is 1. The molecule has 1 aliphatic carbocycles. The number of thioether (sulfide) groups is 2. The number of aromatic nitrogens is 2. The molecule has 0 spiro atoms. The van der Waals surface area contributed by atoms with Gasteiger partial charge < -0.3 is 5.32 Å². The van der Waals surface area contributed by atoms with Crippen LogP contribution in [0.5, 0.6) is 0 Å². The molecule has 0 radical (unpaired) electrons. The van der Waals surface area contributed by atoms with E-state index in [9.17, 15) is 4.79 Å². The minimum absolute atomic E-state index is 0.0622. The van der Waals surface area contributed by atoms with Crippen LogP contribution in [0.15, 0.2) is 12.3 Å². The summed E-state index contributed by atoms with van der Waals surface area (Å²) in [5.41, 5.74) is 0.514. The van der Waals surface area contributed by atoms with Crippen LogP contribution in [0.4, 0.5) is 0 Å². The molecule has 114 valence electrons. The highest BCUT2D eigenvalue weighted by molar-refractivity contribution is 8.06. The summed E-state index contributed by atoms with van der Waals surface area (Å²) in [5, 5.41) is 3.55. The fourth-order valence-electron chi connectivity index (χ4n) is 2.83. The second-order valence-corrected chi connectivity index (χ2v) is 8.12. The van der Waals surface area contributed by atoms with Gasteiger partial charge in [0.25, 0.3) is 5.91 Å². The molecule has 2 fully saturated rings. The standard InChI is InChI=1S/C15H21N3OS2/c19-15(17-9-12-10-20-7-8-21-12)13-5-6-16-14(18-13)11-3-1-2-4-11/h5-6,11-12H,1-4,7-10H2,(H,17,19)/t12-/m1/s1. The third-order valence-corrected chi connectivity index (χ3v) is 6.85. The zero-order chi connectivity index (χ0) is 14.5. The average Bonchev–Trinajstić information content (AvgIpc) is 3.08. The summed E-state index contributed by atoms with van der Waals surface area (Å²) < 4.78 is 0. The first-order valence-corrected chi connectivity index (χ1v) is 9.84. The van der Waals surface area contributed by atoms with Gasteiger partial charge in [-0.1, -0.05) is 12.8 Å². The van der Waals surface area contributed by atoms with E-state index in [-0.39, 0.29) is 5.91 Å². The molecule has 1 saturated heterocycles. The van der Waals surface area contributed by atoms with E-state index in [1.807, 2.05) is 23.5 Å². The summed E-state index contributed by atoms with van der Waals surface area (Å²) in [6, 6.07) is 1.72. The fraction of sp³-hybridized carbons (Fsp3) is 0.667. The van der Waals surface area contributed by atoms with Crippen molar-refractivity contribution in [2.24, 2.45) is 0 Å². The maximum Gasteiger partial charge on any atom is 0.270 e. The Morgan fingerprint density at radius 1 is 1.33 bits per heavy atom. The van der Waals surface area contributed by atoms with Crippen molar-refractivity contribution in [2.45, 2.75) is 36.9 Å². The van der Waals surface area contributed by atoms with Crippen molar-refractivity contribution >= 4 is 29.4 Å². The molecule has 0 bridgehead atoms. The zero-order valence-electron chi connectivity index (χ0n) is 12.1. The van der Waals surface area contributed by atoms with Crippen molar-refractivity contribution in [3.63, 3.8) is 0 Å². The predicted octanol–water partition coefficient (Wildman–Crippen LogP) is 2.71. The molecule has 1 amide bonds. The van der Waals surface area contributed by atoms with Crippen molar-refractivity contribution in [3.8, 4) is 0 Å². The first kappa shape index (κ1) is 15.2. The lowest BCUT2D eigenvalue weighted by Crippen LogP contribution is -2.34. The molecule has 1 atom stereocenters. The SMILES string of the molecule is O=C(NC[C@@H]1CSCCS1)c1ccnc(C2CCCC2)n1. The molecule has 1 aliphatic heterocycles. The van der Waals surface area contributed by atoms with Gasteiger partial charge in [-0.15, -0.1) is 0 Å². The van der Waals surface area contributed by atoms with Gasteiger partial charge >= 0.3 is 0 Å². The summed E-state index contributed by atoms with van der Waals surface area (Å²) in [7, 11) is 0. The van der Waals surface area contributed by atoms with Crippen LogP contribution in [-0.2, 0) is 0 Å². The highest BCUT2D eigenvalue weighted by Crippen LogP contribution is 2.31. The molecule has 1 aromatic heterocycles. The van der Waals surface area contributed by atoms with Crippen LogP contribution in [0.3, 0.4) is 0 Å². The van der Waals surface area contributed by atoms with E-state index >= 15 is 0 Å². The second kappa shape index (κ2) is 7.49. The number of amides is 1.